The van der Waals surface area contributed by atoms with Gasteiger partial charge < -0.3 is 0 Å². The minimum atomic E-state index is 0.207. The second kappa shape index (κ2) is 3.84. The van der Waals surface area contributed by atoms with Gasteiger partial charge in [0.1, 0.15) is 0 Å². The third kappa shape index (κ3) is 1.96. The molecule has 1 rings (SSSR count). The predicted octanol–water partition coefficient (Wildman–Crippen LogP) is 3.55. The highest BCUT2D eigenvalue weighted by Crippen LogP contribution is 2.27. The zero-order valence-corrected chi connectivity index (χ0v) is 9.39. The van der Waals surface area contributed by atoms with E-state index in [4.69, 9.17) is 5.26 Å². The van der Waals surface area contributed by atoms with Crippen molar-refractivity contribution < 1.29 is 0 Å². The first-order valence-corrected chi connectivity index (χ1v) is 5.02. The van der Waals surface area contributed by atoms with Crippen LogP contribution in [0.3, 0.4) is 0 Å². The maximum absolute atomic E-state index is 8.82. The summed E-state index contributed by atoms with van der Waals surface area (Å²) in [4.78, 5) is 0. The van der Waals surface area contributed by atoms with Gasteiger partial charge in [0.15, 0.2) is 0 Å². The molecule has 0 heterocycles. The minimum absolute atomic E-state index is 0.207. The van der Waals surface area contributed by atoms with E-state index in [1.807, 2.05) is 13.0 Å². The van der Waals surface area contributed by atoms with E-state index in [1.54, 1.807) is 0 Å². The average molecular weight is 187 g/mol. The molecule has 0 fully saturated rings. The molecule has 74 valence electrons. The highest BCUT2D eigenvalue weighted by Gasteiger charge is 2.18. The van der Waals surface area contributed by atoms with Crippen molar-refractivity contribution in [2.24, 2.45) is 0 Å². The summed E-state index contributed by atoms with van der Waals surface area (Å²) >= 11 is 0. The first-order valence-electron chi connectivity index (χ1n) is 5.02. The fraction of sp³-hybridized carbons (Fsp3) is 0.462. The molecule has 0 saturated heterocycles. The number of hydrogen-bond acceptors (Lipinski definition) is 1. The van der Waals surface area contributed by atoms with E-state index >= 15 is 0 Å². The Bertz CT molecular complexity index is 369. The number of aryl methyl sites for hydroxylation is 1. The number of benzene rings is 1. The van der Waals surface area contributed by atoms with E-state index in [0.29, 0.717) is 0 Å². The summed E-state index contributed by atoms with van der Waals surface area (Å²) in [7, 11) is 0. The van der Waals surface area contributed by atoms with Crippen LogP contribution in [0.5, 0.6) is 0 Å². The van der Waals surface area contributed by atoms with E-state index in [-0.39, 0.29) is 5.41 Å². The van der Waals surface area contributed by atoms with E-state index in [1.165, 1.54) is 5.56 Å². The van der Waals surface area contributed by atoms with Crippen molar-refractivity contribution in [2.45, 2.75) is 39.5 Å². The van der Waals surface area contributed by atoms with Crippen molar-refractivity contribution in [1.82, 2.24) is 0 Å². The Kier molecular flexibility index (Phi) is 2.96. The molecule has 0 bridgehead atoms. The van der Waals surface area contributed by atoms with Crippen LogP contribution >= 0.6 is 0 Å². The highest BCUT2D eigenvalue weighted by atomic mass is 14.3. The van der Waals surface area contributed by atoms with Crippen LogP contribution in [-0.2, 0) is 5.41 Å². The summed E-state index contributed by atoms with van der Waals surface area (Å²) in [5.74, 6) is 0. The van der Waals surface area contributed by atoms with Crippen molar-refractivity contribution in [2.75, 3.05) is 0 Å². The zero-order chi connectivity index (χ0) is 10.8. The van der Waals surface area contributed by atoms with E-state index in [9.17, 15) is 0 Å². The molecule has 0 aliphatic rings. The fourth-order valence-electron chi connectivity index (χ4n) is 1.41. The molecule has 0 aliphatic heterocycles. The molecule has 0 saturated carbocycles. The first kappa shape index (κ1) is 10.8. The lowest BCUT2D eigenvalue weighted by Crippen LogP contribution is -2.15. The summed E-state index contributed by atoms with van der Waals surface area (Å²) in [5, 5.41) is 8.82. The lowest BCUT2D eigenvalue weighted by molar-refractivity contribution is 0.506. The number of nitrogens with zero attached hydrogens (tertiary/aromatic N) is 1. The molecule has 0 amide bonds. The molecule has 1 heteroatoms. The van der Waals surface area contributed by atoms with Crippen molar-refractivity contribution >= 4 is 0 Å². The maximum atomic E-state index is 8.82. The Morgan fingerprint density at radius 1 is 1.36 bits per heavy atom. The van der Waals surface area contributed by atoms with Crippen molar-refractivity contribution in [3.05, 3.63) is 34.9 Å². The monoisotopic (exact) mass is 187 g/mol. The van der Waals surface area contributed by atoms with Crippen LogP contribution < -0.4 is 0 Å². The first-order chi connectivity index (χ1) is 6.51. The lowest BCUT2D eigenvalue weighted by atomic mass is 9.81. The molecular formula is C13H17N. The number of rotatable bonds is 2. The van der Waals surface area contributed by atoms with Gasteiger partial charge in [0.2, 0.25) is 0 Å². The van der Waals surface area contributed by atoms with Gasteiger partial charge >= 0.3 is 0 Å². The molecule has 0 unspecified atom stereocenters. The third-order valence-electron chi connectivity index (χ3n) is 3.01. The van der Waals surface area contributed by atoms with Gasteiger partial charge in [0.05, 0.1) is 11.6 Å². The van der Waals surface area contributed by atoms with E-state index in [2.05, 4.69) is 39.0 Å². The van der Waals surface area contributed by atoms with Gasteiger partial charge in [-0.05, 0) is 36.0 Å². The van der Waals surface area contributed by atoms with Crippen molar-refractivity contribution in [3.8, 4) is 6.07 Å². The van der Waals surface area contributed by atoms with Gasteiger partial charge in [-0.15, -0.1) is 0 Å². The Labute approximate surface area is 86.4 Å². The van der Waals surface area contributed by atoms with Crippen molar-refractivity contribution in [1.29, 1.82) is 5.26 Å². The molecule has 1 aromatic rings. The topological polar surface area (TPSA) is 23.8 Å². The average Bonchev–Trinajstić information content (AvgIpc) is 2.17. The largest absolute Gasteiger partial charge is 0.192 e. The van der Waals surface area contributed by atoms with Crippen LogP contribution in [-0.4, -0.2) is 0 Å². The molecule has 0 atom stereocenters. The summed E-state index contributed by atoms with van der Waals surface area (Å²) in [6.07, 6.45) is 1.11. The van der Waals surface area contributed by atoms with Crippen molar-refractivity contribution in [3.63, 3.8) is 0 Å². The highest BCUT2D eigenvalue weighted by molar-refractivity contribution is 5.41. The van der Waals surface area contributed by atoms with Gasteiger partial charge in [0.25, 0.3) is 0 Å². The van der Waals surface area contributed by atoms with Crippen LogP contribution in [0.2, 0.25) is 0 Å². The van der Waals surface area contributed by atoms with E-state index in [0.717, 1.165) is 17.5 Å². The van der Waals surface area contributed by atoms with Gasteiger partial charge in [-0.1, -0.05) is 32.9 Å². The molecule has 0 N–H and O–H groups in total. The molecule has 1 aromatic carbocycles. The van der Waals surface area contributed by atoms with Gasteiger partial charge in [-0.3, -0.25) is 0 Å². The van der Waals surface area contributed by atoms with Crippen LogP contribution in [0.4, 0.5) is 0 Å². The molecule has 0 aliphatic carbocycles. The fourth-order valence-corrected chi connectivity index (χ4v) is 1.41. The molecule has 0 radical (unpaired) electrons. The summed E-state index contributed by atoms with van der Waals surface area (Å²) in [6.45, 7) is 8.64. The Balaban J connectivity index is 3.17. The van der Waals surface area contributed by atoms with Crippen LogP contribution in [0, 0.1) is 18.3 Å². The predicted molar refractivity (Wildman–Crippen MR) is 59.2 cm³/mol. The number of hydrogen-bond donors (Lipinski definition) is 0. The smallest absolute Gasteiger partial charge is 0.0994 e. The van der Waals surface area contributed by atoms with Crippen LogP contribution in [0.25, 0.3) is 0 Å². The summed E-state index contributed by atoms with van der Waals surface area (Å²) in [6, 6.07) is 8.30. The van der Waals surface area contributed by atoms with Crippen LogP contribution in [0.15, 0.2) is 18.2 Å². The Morgan fingerprint density at radius 2 is 2.00 bits per heavy atom. The standard InChI is InChI=1S/C13H17N/c1-5-13(3,4)12-7-6-11(9-14)10(2)8-12/h6-8H,5H2,1-4H3. The summed E-state index contributed by atoms with van der Waals surface area (Å²) < 4.78 is 0. The molecule has 1 nitrogen and oxygen atoms in total. The van der Waals surface area contributed by atoms with Gasteiger partial charge in [-0.2, -0.15) is 5.26 Å². The summed E-state index contributed by atoms with van der Waals surface area (Å²) in [5.41, 5.74) is 3.38. The second-order valence-electron chi connectivity index (χ2n) is 4.38. The minimum Gasteiger partial charge on any atom is -0.192 e. The van der Waals surface area contributed by atoms with Gasteiger partial charge in [0, 0.05) is 0 Å². The molecule has 14 heavy (non-hydrogen) atoms. The van der Waals surface area contributed by atoms with Gasteiger partial charge in [-0.25, -0.2) is 0 Å². The lowest BCUT2D eigenvalue weighted by Gasteiger charge is -2.23. The van der Waals surface area contributed by atoms with Crippen LogP contribution in [0.1, 0.15) is 43.9 Å². The Hall–Kier alpha value is -1.29. The Morgan fingerprint density at radius 3 is 2.43 bits per heavy atom. The third-order valence-corrected chi connectivity index (χ3v) is 3.01. The quantitative estimate of drug-likeness (QED) is 0.694. The molecule has 0 spiro atoms. The zero-order valence-electron chi connectivity index (χ0n) is 9.39. The maximum Gasteiger partial charge on any atom is 0.0994 e. The van der Waals surface area contributed by atoms with E-state index < -0.39 is 0 Å². The SMILES string of the molecule is CCC(C)(C)c1ccc(C#N)c(C)c1. The molecule has 0 aromatic heterocycles. The molecular weight excluding hydrogens is 170 g/mol. The number of nitriles is 1. The normalized spacial score (nSPS) is 11.1. The second-order valence-corrected chi connectivity index (χ2v) is 4.38.